The molecule has 0 saturated heterocycles. The van der Waals surface area contributed by atoms with Crippen molar-refractivity contribution in [3.63, 3.8) is 0 Å². The highest BCUT2D eigenvalue weighted by atomic mass is 19.2. The smallest absolute Gasteiger partial charge is 0.200 e. The number of benzene rings is 2. The molecule has 0 amide bonds. The summed E-state index contributed by atoms with van der Waals surface area (Å²) in [6.45, 7) is 0. The Morgan fingerprint density at radius 3 is 1.67 bits per heavy atom. The third-order valence-electron chi connectivity index (χ3n) is 2.95. The third-order valence-corrected chi connectivity index (χ3v) is 2.95. The van der Waals surface area contributed by atoms with Gasteiger partial charge in [0.2, 0.25) is 5.82 Å². The van der Waals surface area contributed by atoms with Crippen LogP contribution in [0.15, 0.2) is 18.2 Å². The molecule has 0 spiro atoms. The summed E-state index contributed by atoms with van der Waals surface area (Å²) in [4.78, 5) is 1.50. The van der Waals surface area contributed by atoms with Crippen LogP contribution in [0.5, 0.6) is 0 Å². The second kappa shape index (κ2) is 5.31. The standard InChI is InChI=1S/C14H9F6N/c1-21(2)6-3-4-8(15)7(5-6)9-10(16)12(18)14(20)13(19)11(9)17/h3-5H,1-2H3. The Morgan fingerprint density at radius 2 is 1.19 bits per heavy atom. The highest BCUT2D eigenvalue weighted by Gasteiger charge is 2.28. The van der Waals surface area contributed by atoms with E-state index in [9.17, 15) is 26.3 Å². The molecule has 2 aromatic rings. The molecule has 0 radical (unpaired) electrons. The van der Waals surface area contributed by atoms with Crippen LogP contribution in [0.2, 0.25) is 0 Å². The van der Waals surface area contributed by atoms with Gasteiger partial charge >= 0.3 is 0 Å². The van der Waals surface area contributed by atoms with Crippen molar-refractivity contribution < 1.29 is 26.3 Å². The first kappa shape index (κ1) is 15.2. The van der Waals surface area contributed by atoms with Crippen LogP contribution in [-0.2, 0) is 0 Å². The molecule has 0 aromatic heterocycles. The fourth-order valence-corrected chi connectivity index (χ4v) is 1.82. The Morgan fingerprint density at radius 1 is 0.714 bits per heavy atom. The molecule has 21 heavy (non-hydrogen) atoms. The molecule has 112 valence electrons. The summed E-state index contributed by atoms with van der Waals surface area (Å²) in [5.74, 6) is -11.7. The SMILES string of the molecule is CN(C)c1ccc(F)c(-c2c(F)c(F)c(F)c(F)c2F)c1. The van der Waals surface area contributed by atoms with Crippen molar-refractivity contribution in [1.29, 1.82) is 0 Å². The maximum atomic E-state index is 13.8. The van der Waals surface area contributed by atoms with Crippen LogP contribution < -0.4 is 4.90 Å². The topological polar surface area (TPSA) is 3.24 Å². The summed E-state index contributed by atoms with van der Waals surface area (Å²) in [7, 11) is 3.16. The molecule has 0 N–H and O–H groups in total. The molecule has 0 aliphatic rings. The van der Waals surface area contributed by atoms with Crippen LogP contribution in [-0.4, -0.2) is 14.1 Å². The summed E-state index contributed by atoms with van der Waals surface area (Å²) in [5.41, 5.74) is -1.64. The average Bonchev–Trinajstić information content (AvgIpc) is 2.45. The Balaban J connectivity index is 2.82. The van der Waals surface area contributed by atoms with Gasteiger partial charge in [0.25, 0.3) is 0 Å². The summed E-state index contributed by atoms with van der Waals surface area (Å²) in [6, 6.07) is 3.21. The first-order chi connectivity index (χ1) is 9.75. The molecular formula is C14H9F6N. The van der Waals surface area contributed by atoms with Gasteiger partial charge in [-0.2, -0.15) is 0 Å². The van der Waals surface area contributed by atoms with E-state index in [1.165, 1.54) is 11.0 Å². The monoisotopic (exact) mass is 305 g/mol. The molecule has 2 rings (SSSR count). The molecule has 2 aromatic carbocycles. The van der Waals surface area contributed by atoms with Gasteiger partial charge in [-0.3, -0.25) is 0 Å². The summed E-state index contributed by atoms with van der Waals surface area (Å²) < 4.78 is 80.5. The summed E-state index contributed by atoms with van der Waals surface area (Å²) in [5, 5.41) is 0. The number of anilines is 1. The van der Waals surface area contributed by atoms with Gasteiger partial charge in [0, 0.05) is 25.3 Å². The van der Waals surface area contributed by atoms with Gasteiger partial charge in [-0.25, -0.2) is 26.3 Å². The van der Waals surface area contributed by atoms with Crippen molar-refractivity contribution in [2.24, 2.45) is 0 Å². The number of hydrogen-bond donors (Lipinski definition) is 0. The second-order valence-corrected chi connectivity index (χ2v) is 4.50. The second-order valence-electron chi connectivity index (χ2n) is 4.50. The molecule has 1 nitrogen and oxygen atoms in total. The molecule has 0 atom stereocenters. The lowest BCUT2D eigenvalue weighted by Crippen LogP contribution is -2.10. The zero-order valence-corrected chi connectivity index (χ0v) is 10.9. The molecule has 0 heterocycles. The number of nitrogens with zero attached hydrogens (tertiary/aromatic N) is 1. The van der Waals surface area contributed by atoms with Gasteiger partial charge in [0.15, 0.2) is 23.3 Å². The Kier molecular flexibility index (Phi) is 3.85. The van der Waals surface area contributed by atoms with E-state index in [-0.39, 0.29) is 0 Å². The zero-order valence-electron chi connectivity index (χ0n) is 10.9. The van der Waals surface area contributed by atoms with Gasteiger partial charge in [-0.1, -0.05) is 0 Å². The van der Waals surface area contributed by atoms with Crippen molar-refractivity contribution in [2.75, 3.05) is 19.0 Å². The van der Waals surface area contributed by atoms with Crippen molar-refractivity contribution >= 4 is 5.69 Å². The van der Waals surface area contributed by atoms with Gasteiger partial charge in [0.1, 0.15) is 5.82 Å². The maximum Gasteiger partial charge on any atom is 0.200 e. The van der Waals surface area contributed by atoms with E-state index in [2.05, 4.69) is 0 Å². The van der Waals surface area contributed by atoms with E-state index in [0.717, 1.165) is 12.1 Å². The molecule has 0 aliphatic carbocycles. The summed E-state index contributed by atoms with van der Waals surface area (Å²) >= 11 is 0. The Hall–Kier alpha value is -2.18. The van der Waals surface area contributed by atoms with Gasteiger partial charge in [-0.15, -0.1) is 0 Å². The maximum absolute atomic E-state index is 13.8. The van der Waals surface area contributed by atoms with Crippen molar-refractivity contribution in [2.45, 2.75) is 0 Å². The number of rotatable bonds is 2. The minimum absolute atomic E-state index is 0.343. The van der Waals surface area contributed by atoms with Gasteiger partial charge in [0.05, 0.1) is 5.56 Å². The fraction of sp³-hybridized carbons (Fsp3) is 0.143. The average molecular weight is 305 g/mol. The highest BCUT2D eigenvalue weighted by Crippen LogP contribution is 2.34. The lowest BCUT2D eigenvalue weighted by Gasteiger charge is -2.15. The minimum atomic E-state index is -2.28. The van der Waals surface area contributed by atoms with Crippen LogP contribution in [0.25, 0.3) is 11.1 Å². The zero-order chi connectivity index (χ0) is 15.9. The van der Waals surface area contributed by atoms with Crippen LogP contribution in [0.3, 0.4) is 0 Å². The molecule has 0 saturated carbocycles. The van der Waals surface area contributed by atoms with Crippen LogP contribution in [0, 0.1) is 34.9 Å². The quantitative estimate of drug-likeness (QED) is 0.455. The molecular weight excluding hydrogens is 296 g/mol. The normalized spacial score (nSPS) is 10.9. The first-order valence-electron chi connectivity index (χ1n) is 5.74. The Bertz CT molecular complexity index is 682. The summed E-state index contributed by atoms with van der Waals surface area (Å²) in [6.07, 6.45) is 0. The lowest BCUT2D eigenvalue weighted by molar-refractivity contribution is 0.381. The van der Waals surface area contributed by atoms with E-state index in [4.69, 9.17) is 0 Å². The van der Waals surface area contributed by atoms with Gasteiger partial charge < -0.3 is 4.90 Å². The highest BCUT2D eigenvalue weighted by molar-refractivity contribution is 5.70. The van der Waals surface area contributed by atoms with Crippen molar-refractivity contribution in [1.82, 2.24) is 0 Å². The van der Waals surface area contributed by atoms with Crippen LogP contribution in [0.1, 0.15) is 0 Å². The van der Waals surface area contributed by atoms with E-state index in [1.54, 1.807) is 14.1 Å². The van der Waals surface area contributed by atoms with Gasteiger partial charge in [-0.05, 0) is 18.2 Å². The van der Waals surface area contributed by atoms with Crippen LogP contribution in [0.4, 0.5) is 32.0 Å². The molecule has 7 heteroatoms. The molecule has 0 bridgehead atoms. The minimum Gasteiger partial charge on any atom is -0.378 e. The molecule has 0 fully saturated rings. The van der Waals surface area contributed by atoms with E-state index in [1.807, 2.05) is 0 Å². The lowest BCUT2D eigenvalue weighted by atomic mass is 10.0. The van der Waals surface area contributed by atoms with Crippen molar-refractivity contribution in [3.8, 4) is 11.1 Å². The third kappa shape index (κ3) is 2.43. The predicted octanol–water partition coefficient (Wildman–Crippen LogP) is 4.25. The number of halogens is 6. The first-order valence-corrected chi connectivity index (χ1v) is 5.74. The van der Waals surface area contributed by atoms with Crippen LogP contribution >= 0.6 is 0 Å². The van der Waals surface area contributed by atoms with Crippen molar-refractivity contribution in [3.05, 3.63) is 53.1 Å². The predicted molar refractivity (Wildman–Crippen MR) is 66.0 cm³/mol. The van der Waals surface area contributed by atoms with E-state index < -0.39 is 46.0 Å². The van der Waals surface area contributed by atoms with E-state index in [0.29, 0.717) is 5.69 Å². The number of hydrogen-bond acceptors (Lipinski definition) is 1. The molecule has 0 unspecified atom stereocenters. The Labute approximate surface area is 116 Å². The fourth-order valence-electron chi connectivity index (χ4n) is 1.82. The largest absolute Gasteiger partial charge is 0.378 e. The van der Waals surface area contributed by atoms with E-state index >= 15 is 0 Å². The molecule has 0 aliphatic heterocycles.